The van der Waals surface area contributed by atoms with Crippen molar-refractivity contribution in [1.82, 2.24) is 15.0 Å². The van der Waals surface area contributed by atoms with E-state index in [2.05, 4.69) is 10.2 Å². The van der Waals surface area contributed by atoms with Crippen LogP contribution in [0.5, 0.6) is 0 Å². The molecule has 4 rings (SSSR count). The number of hydrogen-bond donors (Lipinski definition) is 1. The first-order chi connectivity index (χ1) is 12.8. The largest absolute Gasteiger partial charge is 0.386 e. The van der Waals surface area contributed by atoms with Gasteiger partial charge in [0.1, 0.15) is 23.2 Å². The fourth-order valence-corrected chi connectivity index (χ4v) is 2.94. The van der Waals surface area contributed by atoms with Gasteiger partial charge in [0.05, 0.1) is 0 Å². The average molecular weight is 341 g/mol. The van der Waals surface area contributed by atoms with E-state index in [0.29, 0.717) is 0 Å². The lowest BCUT2D eigenvalue weighted by molar-refractivity contribution is 0.122. The molecular formula is C22H19N3O. The quantitative estimate of drug-likeness (QED) is 0.584. The smallest absolute Gasteiger partial charge is 0.120 e. The highest BCUT2D eigenvalue weighted by atomic mass is 16.3. The van der Waals surface area contributed by atoms with E-state index in [1.54, 1.807) is 4.80 Å². The molecule has 0 spiro atoms. The Hall–Kier alpha value is -3.24. The SMILES string of the molecule is OC(c1ccccc1)C(/C=C/c1ccccc1)n1nc2ccccc2n1. The number of benzene rings is 3. The molecule has 128 valence electrons. The maximum Gasteiger partial charge on any atom is 0.120 e. The number of aliphatic hydroxyl groups excluding tert-OH is 1. The fourth-order valence-electron chi connectivity index (χ4n) is 2.94. The summed E-state index contributed by atoms with van der Waals surface area (Å²) < 4.78 is 0. The molecule has 1 heterocycles. The summed E-state index contributed by atoms with van der Waals surface area (Å²) in [7, 11) is 0. The summed E-state index contributed by atoms with van der Waals surface area (Å²) in [6.07, 6.45) is 3.19. The molecule has 0 saturated carbocycles. The molecule has 2 unspecified atom stereocenters. The van der Waals surface area contributed by atoms with Gasteiger partial charge in [-0.05, 0) is 23.3 Å². The molecule has 0 saturated heterocycles. The molecule has 2 atom stereocenters. The van der Waals surface area contributed by atoms with E-state index in [4.69, 9.17) is 0 Å². The maximum atomic E-state index is 11.0. The molecule has 0 amide bonds. The summed E-state index contributed by atoms with van der Waals surface area (Å²) >= 11 is 0. The monoisotopic (exact) mass is 341 g/mol. The van der Waals surface area contributed by atoms with Crippen LogP contribution in [0.2, 0.25) is 0 Å². The number of nitrogens with zero attached hydrogens (tertiary/aromatic N) is 3. The minimum Gasteiger partial charge on any atom is -0.386 e. The van der Waals surface area contributed by atoms with Crippen molar-refractivity contribution < 1.29 is 5.11 Å². The van der Waals surface area contributed by atoms with Crippen molar-refractivity contribution in [3.8, 4) is 0 Å². The Morgan fingerprint density at radius 1 is 0.731 bits per heavy atom. The molecule has 3 aromatic carbocycles. The van der Waals surface area contributed by atoms with Crippen LogP contribution >= 0.6 is 0 Å². The first-order valence-electron chi connectivity index (χ1n) is 8.59. The van der Waals surface area contributed by atoms with Crippen LogP contribution in [0.1, 0.15) is 23.3 Å². The Balaban J connectivity index is 1.74. The summed E-state index contributed by atoms with van der Waals surface area (Å²) in [5.41, 5.74) is 3.52. The van der Waals surface area contributed by atoms with Crippen LogP contribution in [-0.4, -0.2) is 20.1 Å². The molecule has 0 aliphatic heterocycles. The van der Waals surface area contributed by atoms with Gasteiger partial charge >= 0.3 is 0 Å². The number of aromatic nitrogens is 3. The van der Waals surface area contributed by atoms with Crippen molar-refractivity contribution in [2.24, 2.45) is 0 Å². The van der Waals surface area contributed by atoms with E-state index < -0.39 is 12.1 Å². The summed E-state index contributed by atoms with van der Waals surface area (Å²) in [6, 6.07) is 26.9. The van der Waals surface area contributed by atoms with Crippen LogP contribution in [0.3, 0.4) is 0 Å². The summed E-state index contributed by atoms with van der Waals surface area (Å²) in [6.45, 7) is 0. The molecule has 1 N–H and O–H groups in total. The van der Waals surface area contributed by atoms with E-state index >= 15 is 0 Å². The van der Waals surface area contributed by atoms with Crippen LogP contribution in [0.15, 0.2) is 91.0 Å². The highest BCUT2D eigenvalue weighted by Gasteiger charge is 2.22. The maximum absolute atomic E-state index is 11.0. The van der Waals surface area contributed by atoms with Crippen LogP contribution in [0, 0.1) is 0 Å². The molecule has 0 aliphatic rings. The fraction of sp³-hybridized carbons (Fsp3) is 0.0909. The number of aliphatic hydroxyl groups is 1. The van der Waals surface area contributed by atoms with Crippen molar-refractivity contribution >= 4 is 17.1 Å². The van der Waals surface area contributed by atoms with Gasteiger partial charge in [-0.15, -0.1) is 0 Å². The van der Waals surface area contributed by atoms with Gasteiger partial charge in [-0.3, -0.25) is 0 Å². The molecule has 0 radical (unpaired) electrons. The van der Waals surface area contributed by atoms with E-state index in [1.165, 1.54) is 0 Å². The predicted molar refractivity (Wildman–Crippen MR) is 103 cm³/mol. The van der Waals surface area contributed by atoms with Gasteiger partial charge in [0.15, 0.2) is 0 Å². The third kappa shape index (κ3) is 3.41. The standard InChI is InChI=1S/C22H19N3O/c26-22(18-11-5-2-6-12-18)21(16-15-17-9-3-1-4-10-17)25-23-19-13-7-8-14-20(19)24-25/h1-16,21-22,26H/b16-15+. The highest BCUT2D eigenvalue weighted by Crippen LogP contribution is 2.28. The lowest BCUT2D eigenvalue weighted by atomic mass is 10.0. The molecule has 0 bridgehead atoms. The summed E-state index contributed by atoms with van der Waals surface area (Å²) in [5, 5.41) is 20.1. The van der Waals surface area contributed by atoms with Gasteiger partial charge in [0.2, 0.25) is 0 Å². The normalized spacial score (nSPS) is 13.9. The molecule has 0 fully saturated rings. The highest BCUT2D eigenvalue weighted by molar-refractivity contribution is 5.73. The molecule has 0 aliphatic carbocycles. The van der Waals surface area contributed by atoms with Crippen molar-refractivity contribution in [3.05, 3.63) is 102 Å². The lowest BCUT2D eigenvalue weighted by Gasteiger charge is -2.19. The first kappa shape index (κ1) is 16.2. The summed E-state index contributed by atoms with van der Waals surface area (Å²) in [5.74, 6) is 0. The van der Waals surface area contributed by atoms with E-state index in [-0.39, 0.29) is 0 Å². The zero-order valence-corrected chi connectivity index (χ0v) is 14.2. The second-order valence-corrected chi connectivity index (χ2v) is 6.13. The molecule has 4 nitrogen and oxygen atoms in total. The van der Waals surface area contributed by atoms with Crippen LogP contribution in [0.25, 0.3) is 17.1 Å². The third-order valence-electron chi connectivity index (χ3n) is 4.32. The van der Waals surface area contributed by atoms with Crippen LogP contribution in [0.4, 0.5) is 0 Å². The Morgan fingerprint density at radius 2 is 1.27 bits per heavy atom. The second kappa shape index (κ2) is 7.33. The Labute approximate surface area is 152 Å². The number of rotatable bonds is 5. The number of hydrogen-bond acceptors (Lipinski definition) is 3. The van der Waals surface area contributed by atoms with E-state index in [1.807, 2.05) is 97.1 Å². The first-order valence-corrected chi connectivity index (χ1v) is 8.59. The molecule has 4 aromatic rings. The average Bonchev–Trinajstić information content (AvgIpc) is 3.13. The van der Waals surface area contributed by atoms with Gasteiger partial charge in [-0.2, -0.15) is 15.0 Å². The minimum atomic E-state index is -0.752. The van der Waals surface area contributed by atoms with Gasteiger partial charge < -0.3 is 5.11 Å². The number of fused-ring (bicyclic) bond motifs is 1. The Bertz CT molecular complexity index is 976. The zero-order valence-electron chi connectivity index (χ0n) is 14.2. The Morgan fingerprint density at radius 3 is 1.88 bits per heavy atom. The van der Waals surface area contributed by atoms with Crippen LogP contribution < -0.4 is 0 Å². The summed E-state index contributed by atoms with van der Waals surface area (Å²) in [4.78, 5) is 1.60. The topological polar surface area (TPSA) is 50.9 Å². The van der Waals surface area contributed by atoms with Gasteiger partial charge in [-0.25, -0.2) is 0 Å². The molecular weight excluding hydrogens is 322 g/mol. The van der Waals surface area contributed by atoms with E-state index in [0.717, 1.165) is 22.2 Å². The van der Waals surface area contributed by atoms with E-state index in [9.17, 15) is 5.11 Å². The third-order valence-corrected chi connectivity index (χ3v) is 4.32. The van der Waals surface area contributed by atoms with Crippen molar-refractivity contribution in [3.63, 3.8) is 0 Å². The van der Waals surface area contributed by atoms with Gasteiger partial charge in [0.25, 0.3) is 0 Å². The molecule has 26 heavy (non-hydrogen) atoms. The zero-order chi connectivity index (χ0) is 17.8. The molecule has 1 aromatic heterocycles. The van der Waals surface area contributed by atoms with Gasteiger partial charge in [-0.1, -0.05) is 84.9 Å². The molecule has 4 heteroatoms. The predicted octanol–water partition coefficient (Wildman–Crippen LogP) is 4.42. The van der Waals surface area contributed by atoms with Crippen molar-refractivity contribution in [2.75, 3.05) is 0 Å². The minimum absolute atomic E-state index is 0.412. The van der Waals surface area contributed by atoms with Crippen molar-refractivity contribution in [1.29, 1.82) is 0 Å². The Kier molecular flexibility index (Phi) is 4.58. The van der Waals surface area contributed by atoms with Crippen molar-refractivity contribution in [2.45, 2.75) is 12.1 Å². The second-order valence-electron chi connectivity index (χ2n) is 6.13. The van der Waals surface area contributed by atoms with Gasteiger partial charge in [0, 0.05) is 0 Å². The van der Waals surface area contributed by atoms with Crippen LogP contribution in [-0.2, 0) is 0 Å². The lowest BCUT2D eigenvalue weighted by Crippen LogP contribution is -2.18.